The highest BCUT2D eigenvalue weighted by Gasteiger charge is 2.31. The highest BCUT2D eigenvalue weighted by atomic mass is 16.5. The van der Waals surface area contributed by atoms with Gasteiger partial charge < -0.3 is 10.1 Å². The fourth-order valence-corrected chi connectivity index (χ4v) is 3.32. The van der Waals surface area contributed by atoms with Gasteiger partial charge in [0.15, 0.2) is 0 Å². The predicted octanol–water partition coefficient (Wildman–Crippen LogP) is 3.38. The fraction of sp³-hybridized carbons (Fsp3) is 0.875. The number of ether oxygens (including phenoxy) is 1. The quantitative estimate of drug-likeness (QED) is 0.773. The summed E-state index contributed by atoms with van der Waals surface area (Å²) in [5.74, 6) is 2.36. The molecule has 3 atom stereocenters. The van der Waals surface area contributed by atoms with Gasteiger partial charge in [-0.1, -0.05) is 33.3 Å². The number of nitrogens with one attached hydrogen (secondary N) is 1. The molecule has 3 unspecified atom stereocenters. The molecule has 104 valence electrons. The van der Waals surface area contributed by atoms with Crippen molar-refractivity contribution in [3.63, 3.8) is 0 Å². The van der Waals surface area contributed by atoms with E-state index in [1.165, 1.54) is 24.8 Å². The average molecular weight is 251 g/mol. The topological polar surface area (TPSA) is 21.3 Å². The van der Waals surface area contributed by atoms with Crippen molar-refractivity contribution >= 4 is 0 Å². The Morgan fingerprint density at radius 1 is 1.39 bits per heavy atom. The van der Waals surface area contributed by atoms with E-state index < -0.39 is 0 Å². The molecule has 2 rings (SSSR count). The lowest BCUT2D eigenvalue weighted by atomic mass is 9.75. The van der Waals surface area contributed by atoms with E-state index in [9.17, 15) is 0 Å². The molecule has 2 nitrogen and oxygen atoms in total. The van der Waals surface area contributed by atoms with E-state index in [4.69, 9.17) is 4.74 Å². The average Bonchev–Trinajstić information content (AvgIpc) is 2.37. The maximum atomic E-state index is 6.27. The minimum atomic E-state index is 0.490. The summed E-state index contributed by atoms with van der Waals surface area (Å²) in [5.41, 5.74) is 1.49. The molecular formula is C16H29NO. The Morgan fingerprint density at radius 3 is 2.89 bits per heavy atom. The molecule has 0 aromatic carbocycles. The zero-order chi connectivity index (χ0) is 13.0. The molecule has 0 spiro atoms. The van der Waals surface area contributed by atoms with E-state index in [0.717, 1.165) is 43.9 Å². The van der Waals surface area contributed by atoms with Gasteiger partial charge in [0, 0.05) is 6.54 Å². The molecular weight excluding hydrogens is 222 g/mol. The molecule has 0 aromatic rings. The van der Waals surface area contributed by atoms with Crippen LogP contribution in [0, 0.1) is 17.8 Å². The van der Waals surface area contributed by atoms with Crippen LogP contribution < -0.4 is 5.32 Å². The molecule has 0 amide bonds. The molecule has 1 heterocycles. The first-order valence-corrected chi connectivity index (χ1v) is 7.67. The lowest BCUT2D eigenvalue weighted by Crippen LogP contribution is -2.35. The van der Waals surface area contributed by atoms with E-state index >= 15 is 0 Å². The Bertz CT molecular complexity index is 285. The van der Waals surface area contributed by atoms with Gasteiger partial charge in [0.05, 0.1) is 12.7 Å². The summed E-state index contributed by atoms with van der Waals surface area (Å²) in [4.78, 5) is 0. The minimum absolute atomic E-state index is 0.490. The maximum absolute atomic E-state index is 6.27. The molecule has 1 saturated carbocycles. The van der Waals surface area contributed by atoms with Crippen molar-refractivity contribution in [1.82, 2.24) is 5.32 Å². The normalized spacial score (nSPS) is 33.6. The molecule has 0 bridgehead atoms. The molecule has 1 fully saturated rings. The van der Waals surface area contributed by atoms with E-state index in [0.29, 0.717) is 6.10 Å². The molecule has 1 aliphatic heterocycles. The third-order valence-corrected chi connectivity index (χ3v) is 4.60. The summed E-state index contributed by atoms with van der Waals surface area (Å²) in [7, 11) is 0. The van der Waals surface area contributed by atoms with Gasteiger partial charge in [0.25, 0.3) is 0 Å². The zero-order valence-electron chi connectivity index (χ0n) is 12.2. The molecule has 1 aliphatic carbocycles. The van der Waals surface area contributed by atoms with Gasteiger partial charge in [0.2, 0.25) is 0 Å². The van der Waals surface area contributed by atoms with Crippen LogP contribution in [0.1, 0.15) is 46.5 Å². The SMILES string of the molecule is CC1CCC(C(C)C)C(OCC2=CCNCC2)C1. The monoisotopic (exact) mass is 251 g/mol. The molecule has 0 aromatic heterocycles. The van der Waals surface area contributed by atoms with Gasteiger partial charge in [-0.05, 0) is 49.1 Å². The van der Waals surface area contributed by atoms with E-state index in [1.54, 1.807) is 0 Å². The summed E-state index contributed by atoms with van der Waals surface area (Å²) in [6.45, 7) is 10.1. The van der Waals surface area contributed by atoms with E-state index in [1.807, 2.05) is 0 Å². The van der Waals surface area contributed by atoms with Crippen LogP contribution in [0.5, 0.6) is 0 Å². The Kier molecular flexibility index (Phi) is 5.25. The molecule has 2 heteroatoms. The number of hydrogen-bond donors (Lipinski definition) is 1. The highest BCUT2D eigenvalue weighted by Crippen LogP contribution is 2.35. The summed E-state index contributed by atoms with van der Waals surface area (Å²) in [6.07, 6.45) is 7.95. The van der Waals surface area contributed by atoms with Crippen LogP contribution in [-0.2, 0) is 4.74 Å². The first kappa shape index (κ1) is 14.1. The maximum Gasteiger partial charge on any atom is 0.0681 e. The summed E-state index contributed by atoms with van der Waals surface area (Å²) in [5, 5.41) is 3.35. The summed E-state index contributed by atoms with van der Waals surface area (Å²) in [6, 6.07) is 0. The Labute approximate surface area is 112 Å². The van der Waals surface area contributed by atoms with Gasteiger partial charge in [-0.15, -0.1) is 0 Å². The molecule has 1 N–H and O–H groups in total. The first-order valence-electron chi connectivity index (χ1n) is 7.67. The van der Waals surface area contributed by atoms with Crippen LogP contribution in [0.2, 0.25) is 0 Å². The largest absolute Gasteiger partial charge is 0.374 e. The summed E-state index contributed by atoms with van der Waals surface area (Å²) >= 11 is 0. The Morgan fingerprint density at radius 2 is 2.22 bits per heavy atom. The van der Waals surface area contributed by atoms with E-state index in [2.05, 4.69) is 32.2 Å². The van der Waals surface area contributed by atoms with Crippen molar-refractivity contribution < 1.29 is 4.74 Å². The Hall–Kier alpha value is -0.340. The lowest BCUT2D eigenvalue weighted by molar-refractivity contribution is -0.0295. The summed E-state index contributed by atoms with van der Waals surface area (Å²) < 4.78 is 6.27. The van der Waals surface area contributed by atoms with Crippen LogP contribution in [0.3, 0.4) is 0 Å². The second-order valence-electron chi connectivity index (χ2n) is 6.49. The van der Waals surface area contributed by atoms with Crippen molar-refractivity contribution in [1.29, 1.82) is 0 Å². The molecule has 0 radical (unpaired) electrons. The fourth-order valence-electron chi connectivity index (χ4n) is 3.32. The van der Waals surface area contributed by atoms with Crippen LogP contribution in [-0.4, -0.2) is 25.8 Å². The van der Waals surface area contributed by atoms with Crippen molar-refractivity contribution in [3.8, 4) is 0 Å². The van der Waals surface area contributed by atoms with Crippen molar-refractivity contribution in [3.05, 3.63) is 11.6 Å². The second-order valence-corrected chi connectivity index (χ2v) is 6.49. The van der Waals surface area contributed by atoms with Crippen LogP contribution in [0.15, 0.2) is 11.6 Å². The van der Waals surface area contributed by atoms with Gasteiger partial charge in [0.1, 0.15) is 0 Å². The Balaban J connectivity index is 1.86. The minimum Gasteiger partial charge on any atom is -0.374 e. The zero-order valence-corrected chi connectivity index (χ0v) is 12.2. The van der Waals surface area contributed by atoms with Crippen molar-refractivity contribution in [2.24, 2.45) is 17.8 Å². The third kappa shape index (κ3) is 3.83. The van der Waals surface area contributed by atoms with Gasteiger partial charge in [-0.25, -0.2) is 0 Å². The van der Waals surface area contributed by atoms with Crippen LogP contribution in [0.4, 0.5) is 0 Å². The highest BCUT2D eigenvalue weighted by molar-refractivity contribution is 5.07. The van der Waals surface area contributed by atoms with Gasteiger partial charge in [-0.2, -0.15) is 0 Å². The van der Waals surface area contributed by atoms with Crippen molar-refractivity contribution in [2.75, 3.05) is 19.7 Å². The predicted molar refractivity (Wildman–Crippen MR) is 76.7 cm³/mol. The number of rotatable bonds is 4. The van der Waals surface area contributed by atoms with Crippen LogP contribution >= 0.6 is 0 Å². The number of hydrogen-bond acceptors (Lipinski definition) is 2. The molecule has 18 heavy (non-hydrogen) atoms. The van der Waals surface area contributed by atoms with E-state index in [-0.39, 0.29) is 0 Å². The van der Waals surface area contributed by atoms with Gasteiger partial charge >= 0.3 is 0 Å². The third-order valence-electron chi connectivity index (χ3n) is 4.60. The first-order chi connectivity index (χ1) is 8.66. The second kappa shape index (κ2) is 6.72. The smallest absolute Gasteiger partial charge is 0.0681 e. The lowest BCUT2D eigenvalue weighted by Gasteiger charge is -2.37. The molecule has 0 saturated heterocycles. The molecule has 2 aliphatic rings. The van der Waals surface area contributed by atoms with Crippen molar-refractivity contribution in [2.45, 2.75) is 52.6 Å². The standard InChI is InChI=1S/C16H29NO/c1-12(2)15-5-4-13(3)10-16(15)18-11-14-6-8-17-9-7-14/h6,12-13,15-17H,4-5,7-11H2,1-3H3. The van der Waals surface area contributed by atoms with Gasteiger partial charge in [-0.3, -0.25) is 0 Å². The van der Waals surface area contributed by atoms with Crippen LogP contribution in [0.25, 0.3) is 0 Å².